The molecule has 0 bridgehead atoms. The minimum absolute atomic E-state index is 0. The lowest BCUT2D eigenvalue weighted by atomic mass is 10.6. The van der Waals surface area contributed by atoms with Gasteiger partial charge in [0, 0.05) is 0 Å². The monoisotopic (exact) mass is 212 g/mol. The Morgan fingerprint density at radius 3 is 0.929 bits per heavy atom. The van der Waals surface area contributed by atoms with E-state index in [-0.39, 0.29) is 12.3 Å². The average Bonchev–Trinajstić information content (AvgIpc) is 1.87. The van der Waals surface area contributed by atoms with E-state index >= 15 is 0 Å². The van der Waals surface area contributed by atoms with E-state index in [2.05, 4.69) is 0 Å². The van der Waals surface area contributed by atoms with Crippen LogP contribution in [-0.2, 0) is 0 Å². The molecule has 0 spiro atoms. The molecule has 0 rings (SSSR count). The summed E-state index contributed by atoms with van der Waals surface area (Å²) in [5, 5.41) is 16.4. The first-order valence-electron chi connectivity index (χ1n) is 4.34. The number of aliphatic hydroxyl groups is 2. The van der Waals surface area contributed by atoms with Crippen LogP contribution in [0, 0.1) is 0 Å². The second kappa shape index (κ2) is 18.5. The zero-order valence-electron chi connectivity index (χ0n) is 9.88. The van der Waals surface area contributed by atoms with Crippen LogP contribution in [0.2, 0.25) is 0 Å². The topological polar surface area (TPSA) is 116 Å². The van der Waals surface area contributed by atoms with E-state index in [0.717, 1.165) is 13.1 Å². The van der Waals surface area contributed by atoms with Crippen molar-refractivity contribution < 1.29 is 20.0 Å². The Morgan fingerprint density at radius 2 is 0.929 bits per heavy atom. The Balaban J connectivity index is -0.0000000625. The summed E-state index contributed by atoms with van der Waals surface area (Å²) in [5.41, 5.74) is 0. The number of aliphatic hydroxyl groups excluding tert-OH is 2. The van der Waals surface area contributed by atoms with Gasteiger partial charge in [-0.25, -0.2) is 0 Å². The average molecular weight is 212 g/mol. The fourth-order valence-electron chi connectivity index (χ4n) is 0.447. The molecule has 0 heterocycles. The summed E-state index contributed by atoms with van der Waals surface area (Å²) in [6.45, 7) is 2.28. The number of hydrogen-bond acceptors (Lipinski definition) is 2. The van der Waals surface area contributed by atoms with E-state index in [0.29, 0.717) is 13.2 Å². The Hall–Kier alpha value is -0.240. The molecule has 0 aliphatic heterocycles. The molecule has 8 N–H and O–H groups in total. The molecular weight excluding hydrogens is 184 g/mol. The zero-order chi connectivity index (χ0) is 9.98. The largest absolute Gasteiger partial charge is 0.693 e. The SMILES string of the molecule is C[NH+](C)CCO.C[NH+](C)CCO.[NH2-].[NH2-]. The van der Waals surface area contributed by atoms with Crippen LogP contribution in [0.15, 0.2) is 0 Å². The van der Waals surface area contributed by atoms with Crippen LogP contribution in [0.4, 0.5) is 0 Å². The number of rotatable bonds is 4. The molecule has 92 valence electrons. The Labute approximate surface area is 87.7 Å². The molecule has 0 saturated heterocycles. The summed E-state index contributed by atoms with van der Waals surface area (Å²) in [6.07, 6.45) is 0. The third kappa shape index (κ3) is 41.0. The Morgan fingerprint density at radius 1 is 0.714 bits per heavy atom. The van der Waals surface area contributed by atoms with E-state index in [1.807, 2.05) is 28.2 Å². The van der Waals surface area contributed by atoms with Gasteiger partial charge in [0.25, 0.3) is 0 Å². The van der Waals surface area contributed by atoms with Crippen LogP contribution in [0.3, 0.4) is 0 Å². The maximum atomic E-state index is 8.22. The molecule has 0 aromatic carbocycles. The molecular formula is C8H28N4O2. The first-order chi connectivity index (χ1) is 5.54. The van der Waals surface area contributed by atoms with Gasteiger partial charge in [-0.1, -0.05) is 0 Å². The summed E-state index contributed by atoms with van der Waals surface area (Å²) < 4.78 is 0. The van der Waals surface area contributed by atoms with Gasteiger partial charge in [0.2, 0.25) is 0 Å². The highest BCUT2D eigenvalue weighted by Crippen LogP contribution is 1.36. The van der Waals surface area contributed by atoms with Crippen LogP contribution in [0.25, 0.3) is 12.3 Å². The maximum absolute atomic E-state index is 8.22. The molecule has 0 amide bonds. The van der Waals surface area contributed by atoms with Gasteiger partial charge in [-0.05, 0) is 0 Å². The molecule has 0 aromatic rings. The number of nitrogens with two attached hydrogens (primary N) is 2. The van der Waals surface area contributed by atoms with Crippen molar-refractivity contribution in [3.05, 3.63) is 12.3 Å². The zero-order valence-corrected chi connectivity index (χ0v) is 9.88. The molecule has 0 unspecified atom stereocenters. The Bertz CT molecular complexity index is 71.7. The molecule has 0 aliphatic rings. The molecule has 6 heteroatoms. The molecule has 0 aromatic heterocycles. The van der Waals surface area contributed by atoms with Crippen molar-refractivity contribution in [2.45, 2.75) is 0 Å². The van der Waals surface area contributed by atoms with Gasteiger partial charge in [-0.3, -0.25) is 0 Å². The fraction of sp³-hybridized carbons (Fsp3) is 1.00. The molecule has 6 nitrogen and oxygen atoms in total. The lowest BCUT2D eigenvalue weighted by Crippen LogP contribution is -3.06. The van der Waals surface area contributed by atoms with Gasteiger partial charge in [0.15, 0.2) is 0 Å². The van der Waals surface area contributed by atoms with E-state index < -0.39 is 0 Å². The number of nitrogens with one attached hydrogen (secondary N) is 2. The lowest BCUT2D eigenvalue weighted by Gasteiger charge is -2.00. The lowest BCUT2D eigenvalue weighted by molar-refractivity contribution is -0.858. The van der Waals surface area contributed by atoms with Gasteiger partial charge in [0.1, 0.15) is 13.1 Å². The van der Waals surface area contributed by atoms with Crippen LogP contribution >= 0.6 is 0 Å². The minimum atomic E-state index is 0. The summed E-state index contributed by atoms with van der Waals surface area (Å²) in [6, 6.07) is 0. The van der Waals surface area contributed by atoms with Gasteiger partial charge in [-0.15, -0.1) is 0 Å². The highest BCUT2D eigenvalue weighted by molar-refractivity contribution is 4.10. The van der Waals surface area contributed by atoms with Crippen molar-refractivity contribution in [1.29, 1.82) is 0 Å². The quantitative estimate of drug-likeness (QED) is 0.419. The minimum Gasteiger partial charge on any atom is -0.693 e. The van der Waals surface area contributed by atoms with E-state index in [9.17, 15) is 0 Å². The van der Waals surface area contributed by atoms with Gasteiger partial charge >= 0.3 is 0 Å². The van der Waals surface area contributed by atoms with Crippen molar-refractivity contribution in [2.24, 2.45) is 0 Å². The fourth-order valence-corrected chi connectivity index (χ4v) is 0.447. The predicted molar refractivity (Wildman–Crippen MR) is 60.1 cm³/mol. The first-order valence-corrected chi connectivity index (χ1v) is 4.34. The molecule has 0 atom stereocenters. The van der Waals surface area contributed by atoms with Gasteiger partial charge in [0.05, 0.1) is 41.4 Å². The third-order valence-corrected chi connectivity index (χ3v) is 1.22. The van der Waals surface area contributed by atoms with Crippen molar-refractivity contribution >= 4 is 0 Å². The van der Waals surface area contributed by atoms with Crippen molar-refractivity contribution in [3.8, 4) is 0 Å². The van der Waals surface area contributed by atoms with E-state index in [1.54, 1.807) is 0 Å². The van der Waals surface area contributed by atoms with Crippen LogP contribution in [-0.4, -0.2) is 64.7 Å². The second-order valence-electron chi connectivity index (χ2n) is 3.36. The predicted octanol–water partition coefficient (Wildman–Crippen LogP) is -2.32. The number of hydrogen-bond donors (Lipinski definition) is 4. The summed E-state index contributed by atoms with van der Waals surface area (Å²) in [5.74, 6) is 0. The maximum Gasteiger partial charge on any atom is 0.100 e. The highest BCUT2D eigenvalue weighted by atomic mass is 16.3. The van der Waals surface area contributed by atoms with Gasteiger partial charge < -0.3 is 32.3 Å². The van der Waals surface area contributed by atoms with E-state index in [1.165, 1.54) is 9.80 Å². The molecule has 0 radical (unpaired) electrons. The third-order valence-electron chi connectivity index (χ3n) is 1.22. The normalized spacial score (nSPS) is 8.57. The molecule has 0 fully saturated rings. The number of likely N-dealkylation sites (N-methyl/N-ethyl adjacent to an activating group) is 2. The molecule has 14 heavy (non-hydrogen) atoms. The van der Waals surface area contributed by atoms with Crippen molar-refractivity contribution in [1.82, 2.24) is 0 Å². The van der Waals surface area contributed by atoms with Crippen LogP contribution in [0.5, 0.6) is 0 Å². The van der Waals surface area contributed by atoms with Gasteiger partial charge in [-0.2, -0.15) is 0 Å². The summed E-state index contributed by atoms with van der Waals surface area (Å²) in [7, 11) is 8.04. The van der Waals surface area contributed by atoms with E-state index in [4.69, 9.17) is 10.2 Å². The molecule has 0 saturated carbocycles. The van der Waals surface area contributed by atoms with Crippen LogP contribution in [0.1, 0.15) is 0 Å². The smallest absolute Gasteiger partial charge is 0.100 e. The van der Waals surface area contributed by atoms with Crippen molar-refractivity contribution in [3.63, 3.8) is 0 Å². The van der Waals surface area contributed by atoms with Crippen LogP contribution < -0.4 is 9.80 Å². The first kappa shape index (κ1) is 23.5. The summed E-state index contributed by atoms with van der Waals surface area (Å²) in [4.78, 5) is 2.58. The highest BCUT2D eigenvalue weighted by Gasteiger charge is 1.84. The second-order valence-corrected chi connectivity index (χ2v) is 3.36. The van der Waals surface area contributed by atoms with Crippen molar-refractivity contribution in [2.75, 3.05) is 54.5 Å². The summed E-state index contributed by atoms with van der Waals surface area (Å²) >= 11 is 0. The standard InChI is InChI=1S/2C4H11NO.2H2N/c2*1-5(2)3-4-6;;/h2*6H,3-4H2,1-2H3;2*1H2/q;;2*-1/p+2. The number of quaternary nitrogens is 2. The Kier molecular flexibility index (Phi) is 31.1. The molecule has 0 aliphatic carbocycles.